The number of rotatable bonds is 3. The third kappa shape index (κ3) is 4.14. The average Bonchev–Trinajstić information content (AvgIpc) is 2.67. The SMILES string of the molecule is O=S1(=O)CCN2C=NC=C(c3ccc(Oc4cc(C(F)(F)F)ccn4)cc3)C2=N1. The lowest BCUT2D eigenvalue weighted by atomic mass is 10.0. The number of aromatic nitrogens is 1. The van der Waals surface area contributed by atoms with Crippen molar-refractivity contribution >= 4 is 27.8 Å². The number of benzene rings is 1. The molecule has 0 aliphatic carbocycles. The van der Waals surface area contributed by atoms with Crippen molar-refractivity contribution in [1.29, 1.82) is 0 Å². The first kappa shape index (κ1) is 19.1. The molecule has 4 rings (SSSR count). The predicted octanol–water partition coefficient (Wildman–Crippen LogP) is 3.32. The number of pyridine rings is 1. The first-order chi connectivity index (χ1) is 13.7. The molecule has 0 saturated heterocycles. The molecule has 29 heavy (non-hydrogen) atoms. The van der Waals surface area contributed by atoms with E-state index in [1.54, 1.807) is 29.2 Å². The van der Waals surface area contributed by atoms with E-state index >= 15 is 0 Å². The van der Waals surface area contributed by atoms with E-state index in [4.69, 9.17) is 4.74 Å². The third-order valence-corrected chi connectivity index (χ3v) is 5.34. The molecule has 1 aromatic heterocycles. The predicted molar refractivity (Wildman–Crippen MR) is 100 cm³/mol. The van der Waals surface area contributed by atoms with Crippen molar-refractivity contribution in [2.45, 2.75) is 6.18 Å². The van der Waals surface area contributed by atoms with E-state index < -0.39 is 21.8 Å². The van der Waals surface area contributed by atoms with Crippen LogP contribution >= 0.6 is 0 Å². The summed E-state index contributed by atoms with van der Waals surface area (Å²) in [6.45, 7) is 0.254. The van der Waals surface area contributed by atoms with Gasteiger partial charge in [-0.2, -0.15) is 13.2 Å². The second-order valence-electron chi connectivity index (χ2n) is 6.21. The van der Waals surface area contributed by atoms with Gasteiger partial charge in [0, 0.05) is 30.6 Å². The number of halogens is 3. The zero-order valence-corrected chi connectivity index (χ0v) is 15.5. The van der Waals surface area contributed by atoms with E-state index in [0.29, 0.717) is 11.1 Å². The molecule has 0 amide bonds. The summed E-state index contributed by atoms with van der Waals surface area (Å²) in [4.78, 5) is 9.54. The molecule has 1 aromatic carbocycles. The van der Waals surface area contributed by atoms with Crippen molar-refractivity contribution in [1.82, 2.24) is 9.88 Å². The first-order valence-electron chi connectivity index (χ1n) is 8.36. The van der Waals surface area contributed by atoms with Crippen molar-refractivity contribution in [3.05, 3.63) is 59.9 Å². The topological polar surface area (TPSA) is 84.2 Å². The van der Waals surface area contributed by atoms with E-state index in [-0.39, 0.29) is 29.8 Å². The molecule has 2 aromatic rings. The number of aliphatic imine (C=N–C) groups is 1. The lowest BCUT2D eigenvalue weighted by molar-refractivity contribution is -0.137. The summed E-state index contributed by atoms with van der Waals surface area (Å²) in [5.74, 6) is 0.269. The normalized spacial score (nSPS) is 18.0. The fourth-order valence-corrected chi connectivity index (χ4v) is 3.77. The molecular formula is C18H13F3N4O3S. The molecule has 0 N–H and O–H groups in total. The van der Waals surface area contributed by atoms with Gasteiger partial charge in [0.05, 0.1) is 17.7 Å². The maximum Gasteiger partial charge on any atom is 0.416 e. The van der Waals surface area contributed by atoms with Crippen LogP contribution in [0.15, 0.2) is 58.2 Å². The van der Waals surface area contributed by atoms with Crippen LogP contribution < -0.4 is 4.74 Å². The second kappa shape index (κ2) is 6.99. The minimum atomic E-state index is -4.49. The first-order valence-corrected chi connectivity index (χ1v) is 9.97. The van der Waals surface area contributed by atoms with Crippen molar-refractivity contribution in [2.75, 3.05) is 12.3 Å². The highest BCUT2D eigenvalue weighted by atomic mass is 32.2. The summed E-state index contributed by atoms with van der Waals surface area (Å²) in [6, 6.07) is 8.02. The molecule has 2 aliphatic heterocycles. The molecule has 0 saturated carbocycles. The van der Waals surface area contributed by atoms with Gasteiger partial charge in [-0.3, -0.25) is 0 Å². The van der Waals surface area contributed by atoms with Gasteiger partial charge in [0.25, 0.3) is 10.0 Å². The fraction of sp³-hybridized carbons (Fsp3) is 0.167. The molecule has 0 atom stereocenters. The fourth-order valence-electron chi connectivity index (χ4n) is 2.78. The van der Waals surface area contributed by atoms with Crippen LogP contribution in [0.3, 0.4) is 0 Å². The molecule has 0 fully saturated rings. The number of hydrogen-bond acceptors (Lipinski definition) is 6. The Morgan fingerprint density at radius 1 is 1.10 bits per heavy atom. The number of ether oxygens (including phenoxy) is 1. The number of amidine groups is 1. The zero-order chi connectivity index (χ0) is 20.6. The Bertz CT molecular complexity index is 1140. The van der Waals surface area contributed by atoms with Crippen LogP contribution in [-0.2, 0) is 16.2 Å². The molecule has 0 spiro atoms. The van der Waals surface area contributed by atoms with Gasteiger partial charge in [0.15, 0.2) is 5.84 Å². The quantitative estimate of drug-likeness (QED) is 0.758. The van der Waals surface area contributed by atoms with Crippen LogP contribution in [0.5, 0.6) is 11.6 Å². The van der Waals surface area contributed by atoms with Crippen LogP contribution in [0.25, 0.3) is 5.57 Å². The molecule has 7 nitrogen and oxygen atoms in total. The number of hydrogen-bond donors (Lipinski definition) is 0. The average molecular weight is 422 g/mol. The van der Waals surface area contributed by atoms with Crippen LogP contribution in [-0.4, -0.2) is 42.8 Å². The minimum absolute atomic E-state index is 0.0907. The van der Waals surface area contributed by atoms with Gasteiger partial charge in [-0.1, -0.05) is 12.1 Å². The van der Waals surface area contributed by atoms with Gasteiger partial charge in [0.2, 0.25) is 5.88 Å². The smallest absolute Gasteiger partial charge is 0.416 e. The van der Waals surface area contributed by atoms with Gasteiger partial charge >= 0.3 is 6.18 Å². The zero-order valence-electron chi connectivity index (χ0n) is 14.7. The molecule has 2 aliphatic rings. The van der Waals surface area contributed by atoms with Gasteiger partial charge < -0.3 is 9.64 Å². The molecule has 0 unspecified atom stereocenters. The molecular weight excluding hydrogens is 409 g/mol. The molecule has 0 bridgehead atoms. The summed E-state index contributed by atoms with van der Waals surface area (Å²) < 4.78 is 71.3. The largest absolute Gasteiger partial charge is 0.439 e. The Labute approximate surface area is 163 Å². The monoisotopic (exact) mass is 422 g/mol. The van der Waals surface area contributed by atoms with Crippen LogP contribution in [0.1, 0.15) is 11.1 Å². The third-order valence-electron chi connectivity index (χ3n) is 4.19. The highest BCUT2D eigenvalue weighted by Gasteiger charge is 2.31. The highest BCUT2D eigenvalue weighted by molar-refractivity contribution is 7.90. The lowest BCUT2D eigenvalue weighted by Crippen LogP contribution is -2.40. The van der Waals surface area contributed by atoms with Gasteiger partial charge in [-0.05, 0) is 23.8 Å². The Balaban J connectivity index is 1.58. The van der Waals surface area contributed by atoms with Crippen LogP contribution in [0, 0.1) is 0 Å². The molecule has 11 heteroatoms. The van der Waals surface area contributed by atoms with Gasteiger partial charge in [-0.15, -0.1) is 4.40 Å². The van der Waals surface area contributed by atoms with E-state index in [0.717, 1.165) is 18.3 Å². The van der Waals surface area contributed by atoms with Crippen LogP contribution in [0.4, 0.5) is 13.2 Å². The van der Waals surface area contributed by atoms with Crippen molar-refractivity contribution in [2.24, 2.45) is 9.39 Å². The van der Waals surface area contributed by atoms with Crippen molar-refractivity contribution in [3.63, 3.8) is 0 Å². The summed E-state index contributed by atoms with van der Waals surface area (Å²) in [6.07, 6.45) is -0.465. The van der Waals surface area contributed by atoms with Crippen molar-refractivity contribution < 1.29 is 26.3 Å². The number of sulfonamides is 1. The number of alkyl halides is 3. The van der Waals surface area contributed by atoms with Crippen LogP contribution in [0.2, 0.25) is 0 Å². The van der Waals surface area contributed by atoms with Gasteiger partial charge in [0.1, 0.15) is 5.75 Å². The Morgan fingerprint density at radius 2 is 1.86 bits per heavy atom. The van der Waals surface area contributed by atoms with E-state index in [9.17, 15) is 21.6 Å². The van der Waals surface area contributed by atoms with E-state index in [1.807, 2.05) is 0 Å². The minimum Gasteiger partial charge on any atom is -0.439 e. The summed E-state index contributed by atoms with van der Waals surface area (Å²) in [7, 11) is -3.54. The maximum atomic E-state index is 12.8. The van der Waals surface area contributed by atoms with Gasteiger partial charge in [-0.25, -0.2) is 18.4 Å². The number of fused-ring (bicyclic) bond motifs is 1. The van der Waals surface area contributed by atoms with Crippen molar-refractivity contribution in [3.8, 4) is 11.6 Å². The van der Waals surface area contributed by atoms with E-state index in [1.165, 1.54) is 12.5 Å². The summed E-state index contributed by atoms with van der Waals surface area (Å²) >= 11 is 0. The number of nitrogens with zero attached hydrogens (tertiary/aromatic N) is 4. The summed E-state index contributed by atoms with van der Waals surface area (Å²) in [5.41, 5.74) is 0.285. The molecule has 0 radical (unpaired) electrons. The molecule has 3 heterocycles. The second-order valence-corrected chi connectivity index (χ2v) is 7.96. The highest BCUT2D eigenvalue weighted by Crippen LogP contribution is 2.32. The molecule has 150 valence electrons. The Morgan fingerprint density at radius 3 is 2.59 bits per heavy atom. The maximum absolute atomic E-state index is 12.8. The Kier molecular flexibility index (Phi) is 4.61. The Hall–Kier alpha value is -3.21. The standard InChI is InChI=1S/C18H13F3N4O3S/c19-18(20,21)13-5-6-23-16(9-13)28-14-3-1-12(2-4-14)15-10-22-11-25-7-8-29(26,27)24-17(15)25/h1-6,9-11H,7-8H2. The lowest BCUT2D eigenvalue weighted by Gasteiger charge is -2.28. The van der Waals surface area contributed by atoms with E-state index in [2.05, 4.69) is 14.4 Å². The summed E-state index contributed by atoms with van der Waals surface area (Å²) in [5, 5.41) is 0.